The summed E-state index contributed by atoms with van der Waals surface area (Å²) in [6.45, 7) is 3.87. The van der Waals surface area contributed by atoms with Crippen LogP contribution in [0.5, 0.6) is 0 Å². The van der Waals surface area contributed by atoms with E-state index in [-0.39, 0.29) is 11.9 Å². The maximum atomic E-state index is 12.1. The maximum absolute atomic E-state index is 12.1. The number of nitrogens with zero attached hydrogens (tertiary/aromatic N) is 1. The molecule has 1 heterocycles. The summed E-state index contributed by atoms with van der Waals surface area (Å²) in [4.78, 5) is 14.3. The Morgan fingerprint density at radius 2 is 2.19 bits per heavy atom. The van der Waals surface area contributed by atoms with Crippen LogP contribution in [0, 0.1) is 0 Å². The first kappa shape index (κ1) is 16.3. The number of hydrogen-bond donors (Lipinski definition) is 1. The van der Waals surface area contributed by atoms with Crippen molar-refractivity contribution in [2.75, 3.05) is 26.8 Å². The third-order valence-electron chi connectivity index (χ3n) is 3.79. The van der Waals surface area contributed by atoms with E-state index in [1.165, 1.54) is 5.56 Å². The Balaban J connectivity index is 1.92. The van der Waals surface area contributed by atoms with E-state index in [1.807, 2.05) is 19.1 Å². The number of halogens is 1. The minimum absolute atomic E-state index is 0.0408. The quantitative estimate of drug-likeness (QED) is 0.878. The fourth-order valence-electron chi connectivity index (χ4n) is 2.87. The molecule has 0 saturated carbocycles. The highest BCUT2D eigenvalue weighted by molar-refractivity contribution is 6.30. The van der Waals surface area contributed by atoms with Crippen molar-refractivity contribution in [2.24, 2.45) is 0 Å². The summed E-state index contributed by atoms with van der Waals surface area (Å²) in [5.74, 6) is 0.0559. The van der Waals surface area contributed by atoms with Gasteiger partial charge >= 0.3 is 0 Å². The number of hydrogen-bond acceptors (Lipinski definition) is 3. The molecule has 0 spiro atoms. The van der Waals surface area contributed by atoms with Crippen molar-refractivity contribution in [1.82, 2.24) is 10.2 Å². The molecule has 116 valence electrons. The molecule has 5 heteroatoms. The van der Waals surface area contributed by atoms with Gasteiger partial charge in [-0.1, -0.05) is 23.7 Å². The van der Waals surface area contributed by atoms with Crippen LogP contribution in [0.4, 0.5) is 0 Å². The standard InChI is InChI=1S/C16H23ClN2O2/c1-12(11-21-2)18-16(20)10-19-9-3-4-15(19)13-5-7-14(17)8-6-13/h5-8,12,15H,3-4,9-11H2,1-2H3,(H,18,20)/t12-,15+/m1/s1. The van der Waals surface area contributed by atoms with Crippen molar-refractivity contribution in [2.45, 2.75) is 31.8 Å². The van der Waals surface area contributed by atoms with Crippen LogP contribution in [0.25, 0.3) is 0 Å². The second-order valence-corrected chi connectivity index (χ2v) is 6.04. The molecule has 1 aliphatic heterocycles. The number of rotatable bonds is 6. The first-order chi connectivity index (χ1) is 10.1. The van der Waals surface area contributed by atoms with Crippen molar-refractivity contribution in [3.8, 4) is 0 Å². The van der Waals surface area contributed by atoms with Gasteiger partial charge < -0.3 is 10.1 Å². The van der Waals surface area contributed by atoms with Gasteiger partial charge in [-0.25, -0.2) is 0 Å². The summed E-state index contributed by atoms with van der Waals surface area (Å²) in [5, 5.41) is 3.71. The van der Waals surface area contributed by atoms with Crippen LogP contribution < -0.4 is 5.32 Å². The predicted octanol–water partition coefficient (Wildman–Crippen LogP) is 2.63. The Hall–Kier alpha value is -1.10. The number of ether oxygens (including phenoxy) is 1. The Kier molecular flexibility index (Phi) is 6.03. The molecule has 0 unspecified atom stereocenters. The third kappa shape index (κ3) is 4.70. The molecule has 1 aromatic carbocycles. The molecule has 1 amide bonds. The zero-order valence-electron chi connectivity index (χ0n) is 12.6. The number of amides is 1. The second kappa shape index (κ2) is 7.78. The Morgan fingerprint density at radius 3 is 2.86 bits per heavy atom. The lowest BCUT2D eigenvalue weighted by Gasteiger charge is -2.25. The lowest BCUT2D eigenvalue weighted by Crippen LogP contribution is -2.42. The van der Waals surface area contributed by atoms with Gasteiger partial charge in [-0.3, -0.25) is 9.69 Å². The zero-order chi connectivity index (χ0) is 15.2. The molecule has 0 bridgehead atoms. The van der Waals surface area contributed by atoms with Crippen molar-refractivity contribution in [3.63, 3.8) is 0 Å². The van der Waals surface area contributed by atoms with Gasteiger partial charge in [0.05, 0.1) is 13.2 Å². The van der Waals surface area contributed by atoms with Gasteiger partial charge in [0.2, 0.25) is 5.91 Å². The lowest BCUT2D eigenvalue weighted by atomic mass is 10.0. The van der Waals surface area contributed by atoms with E-state index in [0.29, 0.717) is 19.2 Å². The lowest BCUT2D eigenvalue weighted by molar-refractivity contribution is -0.123. The van der Waals surface area contributed by atoms with E-state index in [4.69, 9.17) is 16.3 Å². The van der Waals surface area contributed by atoms with Gasteiger partial charge in [0.1, 0.15) is 0 Å². The molecule has 0 radical (unpaired) electrons. The first-order valence-corrected chi connectivity index (χ1v) is 7.75. The smallest absolute Gasteiger partial charge is 0.234 e. The summed E-state index contributed by atoms with van der Waals surface area (Å²) < 4.78 is 5.04. The van der Waals surface area contributed by atoms with Crippen molar-refractivity contribution in [1.29, 1.82) is 0 Å². The summed E-state index contributed by atoms with van der Waals surface area (Å²) in [7, 11) is 1.64. The molecule has 0 aromatic heterocycles. The van der Waals surface area contributed by atoms with Crippen molar-refractivity contribution >= 4 is 17.5 Å². The Bertz CT molecular complexity index is 464. The van der Waals surface area contributed by atoms with E-state index in [2.05, 4.69) is 22.3 Å². The molecular weight excluding hydrogens is 288 g/mol. The number of methoxy groups -OCH3 is 1. The van der Waals surface area contributed by atoms with Gasteiger partial charge in [-0.15, -0.1) is 0 Å². The zero-order valence-corrected chi connectivity index (χ0v) is 13.4. The SMILES string of the molecule is COC[C@@H](C)NC(=O)CN1CCC[C@H]1c1ccc(Cl)cc1. The number of benzene rings is 1. The third-order valence-corrected chi connectivity index (χ3v) is 4.04. The van der Waals surface area contributed by atoms with E-state index in [9.17, 15) is 4.79 Å². The fraction of sp³-hybridized carbons (Fsp3) is 0.562. The van der Waals surface area contributed by atoms with Gasteiger partial charge in [0.15, 0.2) is 0 Å². The highest BCUT2D eigenvalue weighted by Crippen LogP contribution is 2.31. The van der Waals surface area contributed by atoms with E-state index in [0.717, 1.165) is 24.4 Å². The molecular formula is C16H23ClN2O2. The maximum Gasteiger partial charge on any atom is 0.234 e. The summed E-state index contributed by atoms with van der Waals surface area (Å²) in [6, 6.07) is 8.28. The van der Waals surface area contributed by atoms with Crippen LogP contribution in [0.15, 0.2) is 24.3 Å². The Morgan fingerprint density at radius 1 is 1.48 bits per heavy atom. The van der Waals surface area contributed by atoms with Crippen LogP contribution in [0.1, 0.15) is 31.4 Å². The average molecular weight is 311 g/mol. The van der Waals surface area contributed by atoms with Gasteiger partial charge in [-0.05, 0) is 44.0 Å². The predicted molar refractivity (Wildman–Crippen MR) is 84.5 cm³/mol. The highest BCUT2D eigenvalue weighted by atomic mass is 35.5. The van der Waals surface area contributed by atoms with Crippen LogP contribution in [0.3, 0.4) is 0 Å². The van der Waals surface area contributed by atoms with Crippen LogP contribution >= 0.6 is 11.6 Å². The number of carbonyl (C=O) groups excluding carboxylic acids is 1. The van der Waals surface area contributed by atoms with Crippen molar-refractivity contribution in [3.05, 3.63) is 34.9 Å². The largest absolute Gasteiger partial charge is 0.383 e. The van der Waals surface area contributed by atoms with E-state index < -0.39 is 0 Å². The molecule has 1 fully saturated rings. The summed E-state index contributed by atoms with van der Waals surface area (Å²) in [6.07, 6.45) is 2.21. The van der Waals surface area contributed by atoms with Crippen LogP contribution in [-0.2, 0) is 9.53 Å². The van der Waals surface area contributed by atoms with Crippen LogP contribution in [0.2, 0.25) is 5.02 Å². The van der Waals surface area contributed by atoms with E-state index in [1.54, 1.807) is 7.11 Å². The molecule has 2 atom stereocenters. The molecule has 21 heavy (non-hydrogen) atoms. The molecule has 0 aliphatic carbocycles. The van der Waals surface area contributed by atoms with Crippen molar-refractivity contribution < 1.29 is 9.53 Å². The summed E-state index contributed by atoms with van der Waals surface area (Å²) in [5.41, 5.74) is 1.23. The monoisotopic (exact) mass is 310 g/mol. The minimum atomic E-state index is 0.0408. The molecule has 1 aliphatic rings. The van der Waals surface area contributed by atoms with Crippen LogP contribution in [-0.4, -0.2) is 43.7 Å². The highest BCUT2D eigenvalue weighted by Gasteiger charge is 2.27. The number of likely N-dealkylation sites (tertiary alicyclic amines) is 1. The minimum Gasteiger partial charge on any atom is -0.383 e. The molecule has 1 aromatic rings. The topological polar surface area (TPSA) is 41.6 Å². The van der Waals surface area contributed by atoms with Gasteiger partial charge in [-0.2, -0.15) is 0 Å². The molecule has 2 rings (SSSR count). The normalized spacial score (nSPS) is 20.4. The fourth-order valence-corrected chi connectivity index (χ4v) is 3.00. The molecule has 1 saturated heterocycles. The molecule has 1 N–H and O–H groups in total. The van der Waals surface area contributed by atoms with E-state index >= 15 is 0 Å². The summed E-state index contributed by atoms with van der Waals surface area (Å²) >= 11 is 5.94. The average Bonchev–Trinajstić information content (AvgIpc) is 2.87. The number of carbonyl (C=O) groups is 1. The molecule has 4 nitrogen and oxygen atoms in total. The Labute approximate surface area is 131 Å². The second-order valence-electron chi connectivity index (χ2n) is 5.60. The number of nitrogens with one attached hydrogen (secondary N) is 1. The first-order valence-electron chi connectivity index (χ1n) is 7.38. The van der Waals surface area contributed by atoms with Gasteiger partial charge in [0.25, 0.3) is 0 Å². The van der Waals surface area contributed by atoms with Gasteiger partial charge in [0, 0.05) is 24.2 Å².